The van der Waals surface area contributed by atoms with Crippen molar-refractivity contribution in [1.29, 1.82) is 0 Å². The van der Waals surface area contributed by atoms with Gasteiger partial charge < -0.3 is 9.80 Å². The molecule has 2 aliphatic rings. The number of anilines is 1. The van der Waals surface area contributed by atoms with Crippen LogP contribution >= 0.6 is 0 Å². The van der Waals surface area contributed by atoms with Gasteiger partial charge in [0, 0.05) is 31.4 Å². The number of benzene rings is 1. The SMILES string of the molecule is CN1CCN(c2ccccc2C2(N=C=O)CC2)C(=O)C1=O. The Kier molecular flexibility index (Phi) is 3.11. The van der Waals surface area contributed by atoms with Gasteiger partial charge in [0.05, 0.1) is 0 Å². The van der Waals surface area contributed by atoms with Gasteiger partial charge in [-0.25, -0.2) is 4.79 Å². The second kappa shape index (κ2) is 4.82. The highest BCUT2D eigenvalue weighted by Gasteiger charge is 2.47. The van der Waals surface area contributed by atoms with Crippen molar-refractivity contribution in [3.63, 3.8) is 0 Å². The van der Waals surface area contributed by atoms with Gasteiger partial charge in [0.1, 0.15) is 5.54 Å². The summed E-state index contributed by atoms with van der Waals surface area (Å²) in [7, 11) is 1.61. The molecule has 6 heteroatoms. The lowest BCUT2D eigenvalue weighted by Crippen LogP contribution is -2.53. The maximum atomic E-state index is 12.2. The largest absolute Gasteiger partial charge is 0.336 e. The normalized spacial score (nSPS) is 20.2. The van der Waals surface area contributed by atoms with Crippen LogP contribution < -0.4 is 4.90 Å². The van der Waals surface area contributed by atoms with Crippen LogP contribution in [0.15, 0.2) is 29.3 Å². The van der Waals surface area contributed by atoms with Crippen molar-refractivity contribution >= 4 is 23.6 Å². The monoisotopic (exact) mass is 285 g/mol. The van der Waals surface area contributed by atoms with Gasteiger partial charge >= 0.3 is 11.8 Å². The first-order chi connectivity index (χ1) is 10.1. The minimum Gasteiger partial charge on any atom is -0.336 e. The molecular formula is C15H15N3O3. The summed E-state index contributed by atoms with van der Waals surface area (Å²) in [6.45, 7) is 0.932. The first-order valence-electron chi connectivity index (χ1n) is 6.84. The van der Waals surface area contributed by atoms with E-state index in [1.165, 1.54) is 9.80 Å². The molecule has 1 aliphatic heterocycles. The number of carbonyl (C=O) groups excluding carboxylic acids is 3. The van der Waals surface area contributed by atoms with Crippen molar-refractivity contribution < 1.29 is 14.4 Å². The molecule has 0 bridgehead atoms. The minimum absolute atomic E-state index is 0.443. The Morgan fingerprint density at radius 3 is 2.52 bits per heavy atom. The third-order valence-corrected chi connectivity index (χ3v) is 4.11. The molecule has 1 aromatic rings. The van der Waals surface area contributed by atoms with E-state index in [0.717, 1.165) is 18.4 Å². The van der Waals surface area contributed by atoms with E-state index < -0.39 is 17.4 Å². The van der Waals surface area contributed by atoms with Crippen LogP contribution in [0.1, 0.15) is 18.4 Å². The predicted molar refractivity (Wildman–Crippen MR) is 75.5 cm³/mol. The first kappa shape index (κ1) is 13.5. The van der Waals surface area contributed by atoms with Gasteiger partial charge in [-0.05, 0) is 18.9 Å². The molecule has 6 nitrogen and oxygen atoms in total. The third kappa shape index (κ3) is 2.14. The average molecular weight is 285 g/mol. The maximum Gasteiger partial charge on any atom is 0.316 e. The topological polar surface area (TPSA) is 70.0 Å². The molecular weight excluding hydrogens is 270 g/mol. The molecule has 0 unspecified atom stereocenters. The zero-order valence-electron chi connectivity index (χ0n) is 11.7. The molecule has 1 aliphatic carbocycles. The number of hydrogen-bond donors (Lipinski definition) is 0. The second-order valence-corrected chi connectivity index (χ2v) is 5.44. The zero-order valence-corrected chi connectivity index (χ0v) is 11.7. The highest BCUT2D eigenvalue weighted by atomic mass is 16.2. The molecule has 108 valence electrons. The summed E-state index contributed by atoms with van der Waals surface area (Å²) in [6, 6.07) is 7.32. The van der Waals surface area contributed by atoms with Crippen molar-refractivity contribution in [2.45, 2.75) is 18.4 Å². The summed E-state index contributed by atoms with van der Waals surface area (Å²) in [5.74, 6) is -1.05. The van der Waals surface area contributed by atoms with Crippen molar-refractivity contribution in [3.8, 4) is 0 Å². The lowest BCUT2D eigenvalue weighted by atomic mass is 10.0. The number of carbonyl (C=O) groups is 2. The molecule has 2 amide bonds. The van der Waals surface area contributed by atoms with E-state index in [1.54, 1.807) is 19.2 Å². The van der Waals surface area contributed by atoms with E-state index in [1.807, 2.05) is 18.2 Å². The van der Waals surface area contributed by atoms with Gasteiger partial charge in [-0.2, -0.15) is 4.99 Å². The highest BCUT2D eigenvalue weighted by molar-refractivity contribution is 6.41. The molecule has 1 aromatic carbocycles. The average Bonchev–Trinajstić information content (AvgIpc) is 3.26. The molecule has 1 saturated heterocycles. The number of isocyanates is 1. The summed E-state index contributed by atoms with van der Waals surface area (Å²) < 4.78 is 0. The fourth-order valence-electron chi connectivity index (χ4n) is 2.71. The van der Waals surface area contributed by atoms with Gasteiger partial charge in [0.25, 0.3) is 0 Å². The molecule has 1 heterocycles. The number of para-hydroxylation sites is 1. The summed E-state index contributed by atoms with van der Waals surface area (Å²) in [5.41, 5.74) is 0.921. The van der Waals surface area contributed by atoms with Crippen LogP contribution in [-0.2, 0) is 19.9 Å². The van der Waals surface area contributed by atoms with E-state index in [0.29, 0.717) is 18.8 Å². The van der Waals surface area contributed by atoms with Gasteiger partial charge in [-0.3, -0.25) is 9.59 Å². The van der Waals surface area contributed by atoms with E-state index in [9.17, 15) is 14.4 Å². The summed E-state index contributed by atoms with van der Waals surface area (Å²) in [4.78, 5) is 41.5. The van der Waals surface area contributed by atoms with Crippen LogP contribution in [0.25, 0.3) is 0 Å². The molecule has 2 fully saturated rings. The Morgan fingerprint density at radius 2 is 1.86 bits per heavy atom. The minimum atomic E-state index is -0.564. The van der Waals surface area contributed by atoms with Gasteiger partial charge in [-0.1, -0.05) is 18.2 Å². The smallest absolute Gasteiger partial charge is 0.316 e. The zero-order chi connectivity index (χ0) is 15.0. The number of piperazine rings is 1. The second-order valence-electron chi connectivity index (χ2n) is 5.44. The highest BCUT2D eigenvalue weighted by Crippen LogP contribution is 2.52. The quantitative estimate of drug-likeness (QED) is 0.469. The molecule has 0 atom stereocenters. The lowest BCUT2D eigenvalue weighted by Gasteiger charge is -2.33. The van der Waals surface area contributed by atoms with Crippen molar-refractivity contribution in [1.82, 2.24) is 4.90 Å². The van der Waals surface area contributed by atoms with Gasteiger partial charge in [-0.15, -0.1) is 0 Å². The van der Waals surface area contributed by atoms with Crippen LogP contribution in [0.2, 0.25) is 0 Å². The van der Waals surface area contributed by atoms with Crippen LogP contribution in [0, 0.1) is 0 Å². The Hall–Kier alpha value is -2.46. The Morgan fingerprint density at radius 1 is 1.14 bits per heavy atom. The van der Waals surface area contributed by atoms with E-state index in [2.05, 4.69) is 4.99 Å². The van der Waals surface area contributed by atoms with Crippen LogP contribution in [-0.4, -0.2) is 42.9 Å². The van der Waals surface area contributed by atoms with E-state index in [4.69, 9.17) is 0 Å². The lowest BCUT2D eigenvalue weighted by molar-refractivity contribution is -0.145. The fourth-order valence-corrected chi connectivity index (χ4v) is 2.71. The summed E-state index contributed by atoms with van der Waals surface area (Å²) >= 11 is 0. The third-order valence-electron chi connectivity index (χ3n) is 4.11. The molecule has 0 N–H and O–H groups in total. The molecule has 21 heavy (non-hydrogen) atoms. The molecule has 3 rings (SSSR count). The molecule has 0 radical (unpaired) electrons. The number of aliphatic imine (C=N–C) groups is 1. The Balaban J connectivity index is 2.02. The summed E-state index contributed by atoms with van der Waals surface area (Å²) in [5, 5.41) is 0. The van der Waals surface area contributed by atoms with Crippen LogP contribution in [0.4, 0.5) is 5.69 Å². The van der Waals surface area contributed by atoms with E-state index in [-0.39, 0.29) is 0 Å². The fraction of sp³-hybridized carbons (Fsp3) is 0.400. The number of nitrogens with zero attached hydrogens (tertiary/aromatic N) is 3. The van der Waals surface area contributed by atoms with Crippen molar-refractivity contribution in [2.75, 3.05) is 25.0 Å². The first-order valence-corrected chi connectivity index (χ1v) is 6.84. The number of rotatable bonds is 3. The Labute approximate surface area is 122 Å². The number of amides is 2. The number of likely N-dealkylation sites (N-methyl/N-ethyl adjacent to an activating group) is 1. The van der Waals surface area contributed by atoms with E-state index >= 15 is 0 Å². The summed E-state index contributed by atoms with van der Waals surface area (Å²) in [6.07, 6.45) is 3.14. The predicted octanol–water partition coefficient (Wildman–Crippen LogP) is 0.817. The van der Waals surface area contributed by atoms with Crippen molar-refractivity contribution in [3.05, 3.63) is 29.8 Å². The number of hydrogen-bond acceptors (Lipinski definition) is 4. The van der Waals surface area contributed by atoms with Crippen LogP contribution in [0.5, 0.6) is 0 Å². The Bertz CT molecular complexity index is 660. The van der Waals surface area contributed by atoms with Gasteiger partial charge in [0.15, 0.2) is 0 Å². The van der Waals surface area contributed by atoms with Crippen LogP contribution in [0.3, 0.4) is 0 Å². The molecule has 0 aromatic heterocycles. The standard InChI is InChI=1S/C15H15N3O3/c1-17-8-9-18(14(21)13(17)20)12-5-3-2-4-11(12)15(6-7-15)16-10-19/h2-5H,6-9H2,1H3. The molecule has 1 saturated carbocycles. The van der Waals surface area contributed by atoms with Crippen molar-refractivity contribution in [2.24, 2.45) is 4.99 Å². The maximum absolute atomic E-state index is 12.2. The molecule has 0 spiro atoms. The van der Waals surface area contributed by atoms with Gasteiger partial charge in [0.2, 0.25) is 6.08 Å².